The van der Waals surface area contributed by atoms with Gasteiger partial charge in [0.2, 0.25) is 0 Å². The van der Waals surface area contributed by atoms with E-state index in [1.807, 2.05) is 0 Å². The highest BCUT2D eigenvalue weighted by Crippen LogP contribution is 2.26. The first-order chi connectivity index (χ1) is 7.70. The second kappa shape index (κ2) is 5.72. The first kappa shape index (κ1) is 13.6. The molecule has 1 atom stereocenters. The van der Waals surface area contributed by atoms with Gasteiger partial charge in [-0.2, -0.15) is 0 Å². The molecule has 0 radical (unpaired) electrons. The lowest BCUT2D eigenvalue weighted by Gasteiger charge is -2.24. The SMILES string of the molecule is COc1ccc(F)c([C@@H]2CCOC(=O)N2)c1.Cl. The largest absolute Gasteiger partial charge is 0.497 e. The van der Waals surface area contributed by atoms with Crippen molar-refractivity contribution in [1.29, 1.82) is 0 Å². The molecule has 1 aromatic rings. The van der Waals surface area contributed by atoms with Crippen LogP contribution in [0.4, 0.5) is 9.18 Å². The van der Waals surface area contributed by atoms with E-state index in [1.54, 1.807) is 12.1 Å². The number of amides is 1. The van der Waals surface area contributed by atoms with Gasteiger partial charge in [0.1, 0.15) is 11.6 Å². The number of halogens is 2. The van der Waals surface area contributed by atoms with Gasteiger partial charge in [0, 0.05) is 12.0 Å². The van der Waals surface area contributed by atoms with E-state index in [0.29, 0.717) is 24.3 Å². The van der Waals surface area contributed by atoms with Gasteiger partial charge < -0.3 is 14.8 Å². The molecule has 1 aliphatic rings. The summed E-state index contributed by atoms with van der Waals surface area (Å²) in [6.45, 7) is 0.299. The number of cyclic esters (lactones) is 1. The van der Waals surface area contributed by atoms with Gasteiger partial charge in [-0.25, -0.2) is 9.18 Å². The van der Waals surface area contributed by atoms with Crippen molar-refractivity contribution in [3.8, 4) is 5.75 Å². The van der Waals surface area contributed by atoms with Gasteiger partial charge in [-0.15, -0.1) is 12.4 Å². The second-order valence-corrected chi connectivity index (χ2v) is 3.51. The van der Waals surface area contributed by atoms with Crippen molar-refractivity contribution in [2.75, 3.05) is 13.7 Å². The predicted octanol–water partition coefficient (Wildman–Crippen LogP) is 2.43. The molecule has 4 nitrogen and oxygen atoms in total. The Labute approximate surface area is 105 Å². The molecular weight excluding hydrogens is 249 g/mol. The van der Waals surface area contributed by atoms with Crippen molar-refractivity contribution >= 4 is 18.5 Å². The van der Waals surface area contributed by atoms with E-state index in [-0.39, 0.29) is 24.3 Å². The molecule has 94 valence electrons. The monoisotopic (exact) mass is 261 g/mol. The minimum atomic E-state index is -0.515. The lowest BCUT2D eigenvalue weighted by atomic mass is 10.0. The van der Waals surface area contributed by atoms with Crippen LogP contribution >= 0.6 is 12.4 Å². The minimum Gasteiger partial charge on any atom is -0.497 e. The highest BCUT2D eigenvalue weighted by atomic mass is 35.5. The third-order valence-electron chi connectivity index (χ3n) is 2.51. The van der Waals surface area contributed by atoms with Crippen LogP contribution < -0.4 is 10.1 Å². The van der Waals surface area contributed by atoms with Crippen molar-refractivity contribution in [3.05, 3.63) is 29.6 Å². The van der Waals surface area contributed by atoms with Crippen LogP contribution in [0.25, 0.3) is 0 Å². The molecule has 0 saturated carbocycles. The highest BCUT2D eigenvalue weighted by molar-refractivity contribution is 5.85. The summed E-state index contributed by atoms with van der Waals surface area (Å²) in [7, 11) is 1.51. The summed E-state index contributed by atoms with van der Waals surface area (Å²) in [4.78, 5) is 11.0. The van der Waals surface area contributed by atoms with E-state index >= 15 is 0 Å². The zero-order chi connectivity index (χ0) is 11.5. The third kappa shape index (κ3) is 3.00. The molecule has 17 heavy (non-hydrogen) atoms. The molecule has 1 amide bonds. The van der Waals surface area contributed by atoms with Crippen molar-refractivity contribution in [1.82, 2.24) is 5.32 Å². The number of alkyl carbamates (subject to hydrolysis) is 1. The van der Waals surface area contributed by atoms with Crippen LogP contribution in [0.5, 0.6) is 5.75 Å². The van der Waals surface area contributed by atoms with Gasteiger partial charge in [-0.3, -0.25) is 0 Å². The average Bonchev–Trinajstić information content (AvgIpc) is 2.30. The van der Waals surface area contributed by atoms with E-state index in [2.05, 4.69) is 5.32 Å². The lowest BCUT2D eigenvalue weighted by molar-refractivity contribution is 0.115. The number of carbonyl (C=O) groups excluding carboxylic acids is 1. The predicted molar refractivity (Wildman–Crippen MR) is 62.0 cm³/mol. The molecule has 1 fully saturated rings. The molecule has 1 N–H and O–H groups in total. The fraction of sp³-hybridized carbons (Fsp3) is 0.364. The topological polar surface area (TPSA) is 47.6 Å². The van der Waals surface area contributed by atoms with Crippen molar-refractivity contribution in [3.63, 3.8) is 0 Å². The van der Waals surface area contributed by atoms with Crippen molar-refractivity contribution < 1.29 is 18.7 Å². The zero-order valence-corrected chi connectivity index (χ0v) is 10.1. The third-order valence-corrected chi connectivity index (χ3v) is 2.51. The van der Waals surface area contributed by atoms with E-state index < -0.39 is 6.09 Å². The number of benzene rings is 1. The number of rotatable bonds is 2. The fourth-order valence-electron chi connectivity index (χ4n) is 1.67. The van der Waals surface area contributed by atoms with Crippen LogP contribution in [0, 0.1) is 5.82 Å². The number of hydrogen-bond donors (Lipinski definition) is 1. The van der Waals surface area contributed by atoms with E-state index in [4.69, 9.17) is 9.47 Å². The number of nitrogens with one attached hydrogen (secondary N) is 1. The Morgan fingerprint density at radius 1 is 1.53 bits per heavy atom. The Kier molecular flexibility index (Phi) is 4.57. The summed E-state index contributed by atoms with van der Waals surface area (Å²) in [5.74, 6) is 0.213. The molecule has 0 bridgehead atoms. The lowest BCUT2D eigenvalue weighted by Crippen LogP contribution is -2.35. The van der Waals surface area contributed by atoms with Crippen molar-refractivity contribution in [2.45, 2.75) is 12.5 Å². The van der Waals surface area contributed by atoms with Gasteiger partial charge in [0.15, 0.2) is 0 Å². The van der Waals surface area contributed by atoms with Gasteiger partial charge in [-0.1, -0.05) is 0 Å². The maximum Gasteiger partial charge on any atom is 0.407 e. The number of ether oxygens (including phenoxy) is 2. The normalized spacial score (nSPS) is 18.7. The van der Waals surface area contributed by atoms with Crippen molar-refractivity contribution in [2.24, 2.45) is 0 Å². The number of carbonyl (C=O) groups is 1. The smallest absolute Gasteiger partial charge is 0.407 e. The molecule has 1 heterocycles. The van der Waals surface area contributed by atoms with E-state index in [1.165, 1.54) is 13.2 Å². The summed E-state index contributed by atoms with van der Waals surface area (Å²) >= 11 is 0. The quantitative estimate of drug-likeness (QED) is 0.889. The van der Waals surface area contributed by atoms with Gasteiger partial charge >= 0.3 is 6.09 Å². The van der Waals surface area contributed by atoms with Crippen LogP contribution in [-0.4, -0.2) is 19.8 Å². The minimum absolute atomic E-state index is 0. The van der Waals surface area contributed by atoms with Gasteiger partial charge in [0.25, 0.3) is 0 Å². The fourth-order valence-corrected chi connectivity index (χ4v) is 1.67. The van der Waals surface area contributed by atoms with E-state index in [0.717, 1.165) is 0 Å². The molecule has 1 aliphatic heterocycles. The second-order valence-electron chi connectivity index (χ2n) is 3.51. The summed E-state index contributed by atoms with van der Waals surface area (Å²) < 4.78 is 23.3. The van der Waals surface area contributed by atoms with Crippen LogP contribution in [0.1, 0.15) is 18.0 Å². The zero-order valence-electron chi connectivity index (χ0n) is 9.23. The average molecular weight is 262 g/mol. The standard InChI is InChI=1S/C11H12FNO3.ClH/c1-15-7-2-3-9(12)8(6-7)10-4-5-16-11(14)13-10;/h2-3,6,10H,4-5H2,1H3,(H,13,14);1H/t10-;/m0./s1. The van der Waals surface area contributed by atoms with Crippen LogP contribution in [0.2, 0.25) is 0 Å². The maximum atomic E-state index is 13.6. The molecule has 2 rings (SSSR count). The number of hydrogen-bond acceptors (Lipinski definition) is 3. The van der Waals surface area contributed by atoms with Gasteiger partial charge in [-0.05, 0) is 18.2 Å². The first-order valence-electron chi connectivity index (χ1n) is 4.97. The Morgan fingerprint density at radius 3 is 2.94 bits per heavy atom. The molecule has 0 aromatic heterocycles. The Balaban J connectivity index is 0.00000144. The van der Waals surface area contributed by atoms with Crippen LogP contribution in [0.15, 0.2) is 18.2 Å². The van der Waals surface area contributed by atoms with Crippen LogP contribution in [0.3, 0.4) is 0 Å². The molecular formula is C11H13ClFNO3. The molecule has 0 unspecified atom stereocenters. The maximum absolute atomic E-state index is 13.6. The van der Waals surface area contributed by atoms with E-state index in [9.17, 15) is 9.18 Å². The summed E-state index contributed by atoms with van der Waals surface area (Å²) in [6.07, 6.45) is 0.0361. The Hall–Kier alpha value is -1.49. The molecule has 0 aliphatic carbocycles. The van der Waals surface area contributed by atoms with Gasteiger partial charge in [0.05, 0.1) is 19.8 Å². The molecule has 1 aromatic carbocycles. The Bertz CT molecular complexity index is 414. The Morgan fingerprint density at radius 2 is 2.29 bits per heavy atom. The molecule has 0 spiro atoms. The summed E-state index contributed by atoms with van der Waals surface area (Å²) in [5.41, 5.74) is 0.427. The molecule has 6 heteroatoms. The summed E-state index contributed by atoms with van der Waals surface area (Å²) in [6, 6.07) is 4.11. The highest BCUT2D eigenvalue weighted by Gasteiger charge is 2.23. The first-order valence-corrected chi connectivity index (χ1v) is 4.97. The summed E-state index contributed by atoms with van der Waals surface area (Å²) in [5, 5.41) is 2.57. The van der Waals surface area contributed by atoms with Crippen LogP contribution in [-0.2, 0) is 4.74 Å². The number of methoxy groups -OCH3 is 1. The molecule has 1 saturated heterocycles.